The molecule has 4 aromatic heterocycles. The Labute approximate surface area is 178 Å². The van der Waals surface area contributed by atoms with E-state index in [0.29, 0.717) is 17.0 Å². The number of alkyl halides is 1. The summed E-state index contributed by atoms with van der Waals surface area (Å²) in [5, 5.41) is 18.0. The van der Waals surface area contributed by atoms with E-state index >= 15 is 0 Å². The third kappa shape index (κ3) is 3.40. The molecule has 0 saturated heterocycles. The Bertz CT molecular complexity index is 1370. The van der Waals surface area contributed by atoms with Gasteiger partial charge in [0.05, 0.1) is 24.6 Å². The molecule has 1 aliphatic carbocycles. The zero-order valence-electron chi connectivity index (χ0n) is 18.0. The van der Waals surface area contributed by atoms with Crippen LogP contribution in [0.3, 0.4) is 0 Å². The van der Waals surface area contributed by atoms with Gasteiger partial charge in [-0.2, -0.15) is 5.10 Å². The number of aliphatic hydroxyl groups is 1. The molecule has 1 unspecified atom stereocenters. The van der Waals surface area contributed by atoms with Crippen molar-refractivity contribution in [1.82, 2.24) is 24.6 Å². The second kappa shape index (κ2) is 7.35. The predicted octanol–water partition coefficient (Wildman–Crippen LogP) is 3.39. The number of amides is 1. The van der Waals surface area contributed by atoms with Crippen LogP contribution in [0, 0.1) is 12.8 Å². The van der Waals surface area contributed by atoms with Crippen LogP contribution < -0.4 is 5.32 Å². The monoisotopic (exact) mass is 421 g/mol. The summed E-state index contributed by atoms with van der Waals surface area (Å²) in [6, 6.07) is 5.30. The first-order chi connectivity index (χ1) is 15.3. The molecule has 1 fully saturated rings. The van der Waals surface area contributed by atoms with E-state index in [2.05, 4.69) is 25.4 Å². The van der Waals surface area contributed by atoms with Crippen molar-refractivity contribution in [2.24, 2.45) is 5.92 Å². The second-order valence-corrected chi connectivity index (χ2v) is 7.71. The Morgan fingerprint density at radius 1 is 1.32 bits per heavy atom. The van der Waals surface area contributed by atoms with Gasteiger partial charge in [0.25, 0.3) is 0 Å². The standard InChI is InChI=1S/C22H21FN6O2/c1-3-19(30)17-4-11(2)15(9-24-17)13-5-12-8-25-20(28-22(31)14-6-16(14)23)7-18(12)29-21(13)26-10-27-29/h4-5,7-10,14,16,19,30H,3,6H2,1-2H3,(H,25,28,31)/t14-,16+,19?/m0/s1/i19D. The van der Waals surface area contributed by atoms with Crippen LogP contribution in [-0.4, -0.2) is 41.8 Å². The van der Waals surface area contributed by atoms with Crippen molar-refractivity contribution in [2.45, 2.75) is 38.9 Å². The van der Waals surface area contributed by atoms with Gasteiger partial charge < -0.3 is 10.4 Å². The van der Waals surface area contributed by atoms with E-state index in [4.69, 9.17) is 1.37 Å². The first-order valence-electron chi connectivity index (χ1n) is 10.6. The van der Waals surface area contributed by atoms with E-state index in [9.17, 15) is 14.3 Å². The molecule has 1 amide bonds. The van der Waals surface area contributed by atoms with Crippen molar-refractivity contribution in [1.29, 1.82) is 0 Å². The number of aromatic nitrogens is 5. The third-order valence-corrected chi connectivity index (χ3v) is 5.56. The number of rotatable bonds is 5. The summed E-state index contributed by atoms with van der Waals surface area (Å²) < 4.78 is 22.8. The van der Waals surface area contributed by atoms with Crippen LogP contribution in [0.4, 0.5) is 10.2 Å². The van der Waals surface area contributed by atoms with E-state index < -0.39 is 18.2 Å². The van der Waals surface area contributed by atoms with E-state index in [1.165, 1.54) is 6.33 Å². The Hall–Kier alpha value is -3.46. The minimum absolute atomic E-state index is 0.223. The quantitative estimate of drug-likeness (QED) is 0.512. The van der Waals surface area contributed by atoms with Crippen LogP contribution in [-0.2, 0) is 4.79 Å². The van der Waals surface area contributed by atoms with Gasteiger partial charge in [0.1, 0.15) is 18.3 Å². The largest absolute Gasteiger partial charge is 0.387 e. The Morgan fingerprint density at radius 3 is 2.84 bits per heavy atom. The van der Waals surface area contributed by atoms with E-state index in [0.717, 1.165) is 22.1 Å². The molecule has 8 nitrogen and oxygen atoms in total. The molecule has 9 heteroatoms. The molecule has 1 aliphatic rings. The van der Waals surface area contributed by atoms with Gasteiger partial charge in [-0.25, -0.2) is 18.9 Å². The predicted molar refractivity (Wildman–Crippen MR) is 113 cm³/mol. The number of hydrogen-bond donors (Lipinski definition) is 2. The molecule has 1 saturated carbocycles. The average molecular weight is 421 g/mol. The fourth-order valence-electron chi connectivity index (χ4n) is 3.67. The molecule has 31 heavy (non-hydrogen) atoms. The molecular formula is C22H21FN6O2. The number of anilines is 1. The Morgan fingerprint density at radius 2 is 2.13 bits per heavy atom. The summed E-state index contributed by atoms with van der Waals surface area (Å²) in [5.41, 5.74) is 3.96. The molecular weight excluding hydrogens is 399 g/mol. The van der Waals surface area contributed by atoms with E-state index in [1.54, 1.807) is 36.0 Å². The van der Waals surface area contributed by atoms with E-state index in [-0.39, 0.29) is 24.4 Å². The number of hydrogen-bond acceptors (Lipinski definition) is 6. The Kier molecular flexibility index (Phi) is 4.34. The van der Waals surface area contributed by atoms with Gasteiger partial charge >= 0.3 is 0 Å². The van der Waals surface area contributed by atoms with Crippen molar-refractivity contribution >= 4 is 28.3 Å². The molecule has 0 bridgehead atoms. The molecule has 0 radical (unpaired) electrons. The number of aryl methyl sites for hydroxylation is 1. The maximum Gasteiger partial charge on any atom is 0.231 e. The maximum atomic E-state index is 13.2. The summed E-state index contributed by atoms with van der Waals surface area (Å²) in [6.07, 6.45) is 2.33. The summed E-state index contributed by atoms with van der Waals surface area (Å²) in [7, 11) is 0. The van der Waals surface area contributed by atoms with Gasteiger partial charge in [-0.05, 0) is 37.5 Å². The highest BCUT2D eigenvalue weighted by molar-refractivity contribution is 5.97. The Balaban J connectivity index is 1.58. The summed E-state index contributed by atoms with van der Waals surface area (Å²) in [5.74, 6) is -0.657. The minimum atomic E-state index is -1.75. The van der Waals surface area contributed by atoms with E-state index in [1.807, 2.05) is 13.0 Å². The zero-order chi connectivity index (χ0) is 22.6. The summed E-state index contributed by atoms with van der Waals surface area (Å²) in [4.78, 5) is 25.1. The van der Waals surface area contributed by atoms with Crippen LogP contribution in [0.1, 0.15) is 38.5 Å². The van der Waals surface area contributed by atoms with Crippen LogP contribution in [0.2, 0.25) is 0 Å². The van der Waals surface area contributed by atoms with Gasteiger partial charge in [0.2, 0.25) is 5.91 Å². The normalized spacial score (nSPS) is 20.5. The fourth-order valence-corrected chi connectivity index (χ4v) is 3.67. The number of halogens is 1. The van der Waals surface area contributed by atoms with Gasteiger partial charge in [-0.3, -0.25) is 9.78 Å². The number of carbonyl (C=O) groups is 1. The molecule has 0 aromatic carbocycles. The highest BCUT2D eigenvalue weighted by Crippen LogP contribution is 2.35. The molecule has 3 atom stereocenters. The third-order valence-electron chi connectivity index (χ3n) is 5.56. The first-order valence-corrected chi connectivity index (χ1v) is 10.1. The number of pyridine rings is 3. The number of carbonyl (C=O) groups excluding carboxylic acids is 1. The molecule has 0 aliphatic heterocycles. The maximum absolute atomic E-state index is 13.2. The van der Waals surface area contributed by atoms with Crippen molar-refractivity contribution in [3.05, 3.63) is 48.2 Å². The van der Waals surface area contributed by atoms with Crippen molar-refractivity contribution in [2.75, 3.05) is 5.32 Å². The molecule has 158 valence electrons. The lowest BCUT2D eigenvalue weighted by molar-refractivity contribution is -0.117. The lowest BCUT2D eigenvalue weighted by Crippen LogP contribution is -2.16. The molecule has 5 rings (SSSR count). The number of nitrogens with zero attached hydrogens (tertiary/aromatic N) is 5. The van der Waals surface area contributed by atoms with Crippen molar-refractivity contribution in [3.63, 3.8) is 0 Å². The highest BCUT2D eigenvalue weighted by atomic mass is 19.1. The van der Waals surface area contributed by atoms with Crippen LogP contribution in [0.5, 0.6) is 0 Å². The van der Waals surface area contributed by atoms with Gasteiger partial charge in [-0.1, -0.05) is 6.92 Å². The van der Waals surface area contributed by atoms with Crippen LogP contribution in [0.25, 0.3) is 27.7 Å². The summed E-state index contributed by atoms with van der Waals surface area (Å²) in [6.45, 7) is 3.61. The first kappa shape index (κ1) is 18.3. The molecule has 0 spiro atoms. The number of nitrogens with one attached hydrogen (secondary N) is 1. The lowest BCUT2D eigenvalue weighted by atomic mass is 10.0. The van der Waals surface area contributed by atoms with Gasteiger partial charge in [0.15, 0.2) is 5.65 Å². The van der Waals surface area contributed by atoms with Gasteiger partial charge in [-0.15, -0.1) is 0 Å². The fraction of sp³-hybridized carbons (Fsp3) is 0.318. The average Bonchev–Trinajstić information content (AvgIpc) is 3.30. The van der Waals surface area contributed by atoms with Crippen molar-refractivity contribution in [3.8, 4) is 11.1 Å². The van der Waals surface area contributed by atoms with Crippen LogP contribution >= 0.6 is 0 Å². The summed E-state index contributed by atoms with van der Waals surface area (Å²) >= 11 is 0. The number of fused-ring (bicyclic) bond motifs is 3. The topological polar surface area (TPSA) is 105 Å². The molecule has 4 heterocycles. The lowest BCUT2D eigenvalue weighted by Gasteiger charge is -2.13. The smallest absolute Gasteiger partial charge is 0.231 e. The molecule has 2 N–H and O–H groups in total. The van der Waals surface area contributed by atoms with Crippen molar-refractivity contribution < 1.29 is 15.7 Å². The zero-order valence-corrected chi connectivity index (χ0v) is 17.0. The minimum Gasteiger partial charge on any atom is -0.387 e. The highest BCUT2D eigenvalue weighted by Gasteiger charge is 2.43. The SMILES string of the molecule is [2H]C(O)(CC)c1cc(C)c(-c2cc3cnc(NC(=O)[C@H]4C[C@H]4F)cc3n3ncnc23)cn1. The molecule has 4 aromatic rings. The second-order valence-electron chi connectivity index (χ2n) is 7.71. The van der Waals surface area contributed by atoms with Crippen LogP contribution in [0.15, 0.2) is 36.9 Å². The van der Waals surface area contributed by atoms with Gasteiger partial charge in [0, 0.05) is 35.0 Å².